The Kier molecular flexibility index (Phi) is 5.45. The molecule has 1 atom stereocenters. The molecule has 4 heteroatoms. The van der Waals surface area contributed by atoms with Crippen LogP contribution in [-0.2, 0) is 11.0 Å². The Morgan fingerprint density at radius 1 is 1.24 bits per heavy atom. The highest BCUT2D eigenvalue weighted by molar-refractivity contribution is 7.87. The van der Waals surface area contributed by atoms with E-state index < -0.39 is 11.0 Å². The molecule has 1 saturated carbocycles. The lowest BCUT2D eigenvalue weighted by Gasteiger charge is -2.23. The van der Waals surface area contributed by atoms with E-state index in [4.69, 9.17) is 4.74 Å². The second-order valence-corrected chi connectivity index (χ2v) is 7.56. The first-order valence-corrected chi connectivity index (χ1v) is 8.81. The largest absolute Gasteiger partial charge is 0.484 e. The van der Waals surface area contributed by atoms with Gasteiger partial charge in [-0.05, 0) is 57.0 Å². The lowest BCUT2D eigenvalue weighted by Crippen LogP contribution is -2.25. The molecule has 1 unspecified atom stereocenters. The first-order valence-electron chi connectivity index (χ1n) is 7.60. The van der Waals surface area contributed by atoms with Gasteiger partial charge in [-0.15, -0.1) is 0 Å². The van der Waals surface area contributed by atoms with Crippen molar-refractivity contribution in [2.75, 3.05) is 4.72 Å². The minimum atomic E-state index is -0.992. The highest BCUT2D eigenvalue weighted by Gasteiger charge is 2.20. The second kappa shape index (κ2) is 7.12. The summed E-state index contributed by atoms with van der Waals surface area (Å²) in [4.78, 5) is 0. The zero-order valence-electron chi connectivity index (χ0n) is 12.9. The van der Waals surface area contributed by atoms with E-state index in [9.17, 15) is 4.21 Å². The van der Waals surface area contributed by atoms with Crippen molar-refractivity contribution in [1.82, 2.24) is 0 Å². The first kappa shape index (κ1) is 16.1. The van der Waals surface area contributed by atoms with Gasteiger partial charge in [-0.1, -0.05) is 25.8 Å². The van der Waals surface area contributed by atoms with Gasteiger partial charge in [0, 0.05) is 5.69 Å². The molecule has 1 N–H and O–H groups in total. The maximum Gasteiger partial charge on any atom is 0.121 e. The van der Waals surface area contributed by atoms with Gasteiger partial charge in [0.1, 0.15) is 22.3 Å². The molecular formula is C17H25NO2S. The van der Waals surface area contributed by atoms with E-state index in [0.717, 1.165) is 24.3 Å². The van der Waals surface area contributed by atoms with Crippen molar-refractivity contribution in [3.05, 3.63) is 36.9 Å². The van der Waals surface area contributed by atoms with Crippen LogP contribution in [0.25, 0.3) is 0 Å². The van der Waals surface area contributed by atoms with Gasteiger partial charge >= 0.3 is 0 Å². The number of ether oxygens (including phenoxy) is 1. The predicted molar refractivity (Wildman–Crippen MR) is 90.0 cm³/mol. The summed E-state index contributed by atoms with van der Waals surface area (Å²) in [5, 5.41) is 0.286. The molecule has 0 spiro atoms. The molecule has 1 fully saturated rings. The normalized spacial score (nSPS) is 18.0. The molecule has 0 saturated heterocycles. The second-order valence-electron chi connectivity index (χ2n) is 6.09. The Hall–Kier alpha value is -1.29. The fraction of sp³-hybridized carbons (Fsp3) is 0.529. The summed E-state index contributed by atoms with van der Waals surface area (Å²) in [5.41, 5.74) is 0.488. The summed E-state index contributed by atoms with van der Waals surface area (Å²) in [6, 6.07) is 7.61. The maximum atomic E-state index is 12.3. The summed E-state index contributed by atoms with van der Waals surface area (Å²) >= 11 is 0. The van der Waals surface area contributed by atoms with Crippen LogP contribution < -0.4 is 9.46 Å². The lowest BCUT2D eigenvalue weighted by atomic mass is 10.0. The Bertz CT molecular complexity index is 490. The zero-order chi connectivity index (χ0) is 15.3. The molecule has 0 aromatic heterocycles. The van der Waals surface area contributed by atoms with Gasteiger partial charge in [0.15, 0.2) is 0 Å². The summed E-state index contributed by atoms with van der Waals surface area (Å²) in [6.07, 6.45) is 7.57. The fourth-order valence-electron chi connectivity index (χ4n) is 2.42. The van der Waals surface area contributed by atoms with Crippen molar-refractivity contribution in [2.24, 2.45) is 0 Å². The summed E-state index contributed by atoms with van der Waals surface area (Å²) in [7, 11) is -0.992. The van der Waals surface area contributed by atoms with E-state index >= 15 is 0 Å². The molecule has 0 bridgehead atoms. The average Bonchev–Trinajstić information content (AvgIpc) is 2.50. The topological polar surface area (TPSA) is 38.3 Å². The van der Waals surface area contributed by atoms with Crippen molar-refractivity contribution in [1.29, 1.82) is 0 Å². The molecule has 3 nitrogen and oxygen atoms in total. The Morgan fingerprint density at radius 2 is 1.86 bits per heavy atom. The number of hydrogen-bond acceptors (Lipinski definition) is 2. The zero-order valence-corrected chi connectivity index (χ0v) is 13.7. The summed E-state index contributed by atoms with van der Waals surface area (Å²) in [5.74, 6) is 0.786. The van der Waals surface area contributed by atoms with Crippen LogP contribution in [0.4, 0.5) is 5.69 Å². The molecule has 116 valence electrons. The molecule has 21 heavy (non-hydrogen) atoms. The van der Waals surface area contributed by atoms with Crippen molar-refractivity contribution < 1.29 is 8.95 Å². The van der Waals surface area contributed by atoms with Gasteiger partial charge in [0.25, 0.3) is 0 Å². The van der Waals surface area contributed by atoms with E-state index in [1.54, 1.807) is 6.08 Å². The summed E-state index contributed by atoms with van der Waals surface area (Å²) in [6.45, 7) is 7.68. The molecule has 1 aromatic carbocycles. The number of anilines is 1. The fourth-order valence-corrected chi connectivity index (χ4v) is 3.71. The SMILES string of the molecule is C=CC(C)(C)Oc1ccc(NS(=O)C2CCCCC2)cc1. The number of benzene rings is 1. The third kappa shape index (κ3) is 4.88. The van der Waals surface area contributed by atoms with Gasteiger partial charge in [-0.3, -0.25) is 0 Å². The van der Waals surface area contributed by atoms with Gasteiger partial charge in [-0.2, -0.15) is 0 Å². The van der Waals surface area contributed by atoms with Gasteiger partial charge in [0.2, 0.25) is 0 Å². The first-order chi connectivity index (χ1) is 10.00. The molecular weight excluding hydrogens is 282 g/mol. The van der Waals surface area contributed by atoms with Crippen molar-refractivity contribution >= 4 is 16.7 Å². The predicted octanol–water partition coefficient (Wildman–Crippen LogP) is 4.44. The van der Waals surface area contributed by atoms with Gasteiger partial charge in [0.05, 0.1) is 5.25 Å². The van der Waals surface area contributed by atoms with Crippen LogP contribution in [0.1, 0.15) is 46.0 Å². The van der Waals surface area contributed by atoms with Crippen LogP contribution in [0.5, 0.6) is 5.75 Å². The Balaban J connectivity index is 1.92. The minimum absolute atomic E-state index is 0.286. The van der Waals surface area contributed by atoms with Crippen molar-refractivity contribution in [2.45, 2.75) is 56.8 Å². The molecule has 0 radical (unpaired) electrons. The number of rotatable bonds is 6. The van der Waals surface area contributed by atoms with Crippen LogP contribution in [-0.4, -0.2) is 15.1 Å². The molecule has 0 heterocycles. The maximum absolute atomic E-state index is 12.3. The van der Waals surface area contributed by atoms with Crippen molar-refractivity contribution in [3.8, 4) is 5.75 Å². The highest BCUT2D eigenvalue weighted by Crippen LogP contribution is 2.25. The van der Waals surface area contributed by atoms with Crippen LogP contribution in [0.3, 0.4) is 0 Å². The Morgan fingerprint density at radius 3 is 2.43 bits per heavy atom. The van der Waals surface area contributed by atoms with E-state index in [1.165, 1.54) is 19.3 Å². The molecule has 1 aliphatic carbocycles. The standard InChI is InChI=1S/C17H25NO2S/c1-4-17(2,3)20-15-12-10-14(11-13-15)18-21(19)16-8-6-5-7-9-16/h4,10-13,16,18H,1,5-9H2,2-3H3. The van der Waals surface area contributed by atoms with Crippen molar-refractivity contribution in [3.63, 3.8) is 0 Å². The number of nitrogens with one attached hydrogen (secondary N) is 1. The Labute approximate surface area is 130 Å². The van der Waals surface area contributed by atoms with Crippen LogP contribution in [0.2, 0.25) is 0 Å². The quantitative estimate of drug-likeness (QED) is 0.789. The third-order valence-corrected chi connectivity index (χ3v) is 5.31. The van der Waals surface area contributed by atoms with Crippen LogP contribution in [0, 0.1) is 0 Å². The molecule has 0 amide bonds. The monoisotopic (exact) mass is 307 g/mol. The smallest absolute Gasteiger partial charge is 0.121 e. The van der Waals surface area contributed by atoms with Gasteiger partial charge < -0.3 is 9.46 Å². The van der Waals surface area contributed by atoms with E-state index in [-0.39, 0.29) is 10.9 Å². The molecule has 1 aliphatic rings. The van der Waals surface area contributed by atoms with E-state index in [1.807, 2.05) is 38.1 Å². The van der Waals surface area contributed by atoms with Crippen LogP contribution in [0.15, 0.2) is 36.9 Å². The molecule has 0 aliphatic heterocycles. The van der Waals surface area contributed by atoms with E-state index in [0.29, 0.717) is 0 Å². The summed E-state index contributed by atoms with van der Waals surface area (Å²) < 4.78 is 21.2. The highest BCUT2D eigenvalue weighted by atomic mass is 32.2. The lowest BCUT2D eigenvalue weighted by molar-refractivity contribution is 0.162. The van der Waals surface area contributed by atoms with Crippen LogP contribution >= 0.6 is 0 Å². The average molecular weight is 307 g/mol. The molecule has 2 rings (SSSR count). The molecule has 1 aromatic rings. The van der Waals surface area contributed by atoms with E-state index in [2.05, 4.69) is 11.3 Å². The number of hydrogen-bond donors (Lipinski definition) is 1. The van der Waals surface area contributed by atoms with Gasteiger partial charge in [-0.25, -0.2) is 4.21 Å². The minimum Gasteiger partial charge on any atom is -0.484 e. The third-order valence-electron chi connectivity index (χ3n) is 3.80.